The molecule has 1 aromatic rings. The van der Waals surface area contributed by atoms with Crippen LogP contribution >= 0.6 is 0 Å². The van der Waals surface area contributed by atoms with E-state index in [0.717, 1.165) is 11.1 Å². The molecular formula is C13H14F3NO2. The number of benzene rings is 1. The summed E-state index contributed by atoms with van der Waals surface area (Å²) < 4.78 is 36.2. The Morgan fingerprint density at radius 2 is 2.05 bits per heavy atom. The fourth-order valence-electron chi connectivity index (χ4n) is 2.16. The summed E-state index contributed by atoms with van der Waals surface area (Å²) in [6.07, 6.45) is -5.30. The first-order valence-electron chi connectivity index (χ1n) is 6.00. The third kappa shape index (κ3) is 3.62. The van der Waals surface area contributed by atoms with E-state index in [1.807, 2.05) is 0 Å². The smallest absolute Gasteiger partial charge is 0.389 e. The van der Waals surface area contributed by atoms with Crippen molar-refractivity contribution in [1.29, 1.82) is 0 Å². The summed E-state index contributed by atoms with van der Waals surface area (Å²) in [5, 5.41) is 9.37. The molecule has 0 aliphatic carbocycles. The second kappa shape index (κ2) is 5.11. The summed E-state index contributed by atoms with van der Waals surface area (Å²) in [6.45, 7) is 0.689. The number of carbonyl (C=O) groups is 1. The average Bonchev–Trinajstić information content (AvgIpc) is 2.34. The lowest BCUT2D eigenvalue weighted by molar-refractivity contribution is -0.149. The van der Waals surface area contributed by atoms with E-state index in [9.17, 15) is 23.1 Å². The van der Waals surface area contributed by atoms with Gasteiger partial charge < -0.3 is 10.0 Å². The Labute approximate surface area is 108 Å². The highest BCUT2D eigenvalue weighted by Gasteiger charge is 2.30. The van der Waals surface area contributed by atoms with Gasteiger partial charge in [-0.3, -0.25) is 4.79 Å². The van der Waals surface area contributed by atoms with Crippen molar-refractivity contribution >= 4 is 5.91 Å². The second-order valence-electron chi connectivity index (χ2n) is 4.63. The first-order chi connectivity index (χ1) is 8.85. The zero-order chi connectivity index (χ0) is 14.0. The van der Waals surface area contributed by atoms with E-state index < -0.39 is 24.9 Å². The summed E-state index contributed by atoms with van der Waals surface area (Å²) in [4.78, 5) is 13.1. The molecule has 19 heavy (non-hydrogen) atoms. The fourth-order valence-corrected chi connectivity index (χ4v) is 2.16. The summed E-state index contributed by atoms with van der Waals surface area (Å²) >= 11 is 0. The molecule has 104 valence electrons. The number of carbonyl (C=O) groups excluding carboxylic acids is 1. The van der Waals surface area contributed by atoms with Gasteiger partial charge in [-0.05, 0) is 29.7 Å². The largest absolute Gasteiger partial charge is 0.508 e. The zero-order valence-electron chi connectivity index (χ0n) is 10.2. The minimum Gasteiger partial charge on any atom is -0.508 e. The van der Waals surface area contributed by atoms with Crippen molar-refractivity contribution in [3.63, 3.8) is 0 Å². The van der Waals surface area contributed by atoms with Crippen molar-refractivity contribution in [2.45, 2.75) is 32.0 Å². The van der Waals surface area contributed by atoms with Crippen molar-refractivity contribution in [2.75, 3.05) is 6.54 Å². The van der Waals surface area contributed by atoms with Gasteiger partial charge in [0.25, 0.3) is 0 Å². The van der Waals surface area contributed by atoms with Gasteiger partial charge in [0.15, 0.2) is 0 Å². The third-order valence-corrected chi connectivity index (χ3v) is 3.18. The van der Waals surface area contributed by atoms with Crippen molar-refractivity contribution in [1.82, 2.24) is 4.90 Å². The average molecular weight is 273 g/mol. The van der Waals surface area contributed by atoms with Gasteiger partial charge in [-0.2, -0.15) is 13.2 Å². The lowest BCUT2D eigenvalue weighted by atomic mass is 9.99. The van der Waals surface area contributed by atoms with Gasteiger partial charge in [-0.25, -0.2) is 0 Å². The van der Waals surface area contributed by atoms with E-state index in [4.69, 9.17) is 0 Å². The third-order valence-electron chi connectivity index (χ3n) is 3.18. The Bertz CT molecular complexity index is 485. The van der Waals surface area contributed by atoms with Crippen LogP contribution in [0.4, 0.5) is 13.2 Å². The number of hydrogen-bond acceptors (Lipinski definition) is 2. The molecule has 2 rings (SSSR count). The van der Waals surface area contributed by atoms with Gasteiger partial charge in [0.2, 0.25) is 5.91 Å². The number of rotatable bonds is 2. The van der Waals surface area contributed by atoms with Gasteiger partial charge in [0, 0.05) is 19.5 Å². The molecule has 1 aromatic carbocycles. The standard InChI is InChI=1S/C13H14F3NO2/c14-13(15,16)5-3-12(19)17-6-4-9-1-2-11(18)7-10(9)8-17/h1-2,7,18H,3-6,8H2. The number of amides is 1. The van der Waals surface area contributed by atoms with E-state index in [-0.39, 0.29) is 12.3 Å². The number of nitrogens with zero attached hydrogens (tertiary/aromatic N) is 1. The van der Waals surface area contributed by atoms with Crippen LogP contribution in [0.1, 0.15) is 24.0 Å². The molecule has 1 amide bonds. The van der Waals surface area contributed by atoms with E-state index in [1.54, 1.807) is 18.2 Å². The molecule has 1 aliphatic rings. The predicted octanol–water partition coefficient (Wildman–Crippen LogP) is 2.62. The van der Waals surface area contributed by atoms with E-state index in [2.05, 4.69) is 0 Å². The molecule has 0 saturated carbocycles. The van der Waals surface area contributed by atoms with Crippen molar-refractivity contribution in [3.8, 4) is 5.75 Å². The SMILES string of the molecule is O=C(CCC(F)(F)F)N1CCc2ccc(O)cc2C1. The van der Waals surface area contributed by atoms with Crippen LogP contribution in [0.15, 0.2) is 18.2 Å². The quantitative estimate of drug-likeness (QED) is 0.899. The number of halogens is 3. The molecule has 0 spiro atoms. The lowest BCUT2D eigenvalue weighted by Gasteiger charge is -2.29. The highest BCUT2D eigenvalue weighted by atomic mass is 19.4. The maximum Gasteiger partial charge on any atom is 0.389 e. The number of hydrogen-bond donors (Lipinski definition) is 1. The Morgan fingerprint density at radius 3 is 2.74 bits per heavy atom. The molecule has 0 atom stereocenters. The Balaban J connectivity index is 1.99. The molecule has 0 aromatic heterocycles. The van der Waals surface area contributed by atoms with Gasteiger partial charge in [-0.1, -0.05) is 6.07 Å². The lowest BCUT2D eigenvalue weighted by Crippen LogP contribution is -2.36. The number of fused-ring (bicyclic) bond motifs is 1. The van der Waals surface area contributed by atoms with Crippen LogP contribution in [-0.4, -0.2) is 28.6 Å². The summed E-state index contributed by atoms with van der Waals surface area (Å²) in [6, 6.07) is 4.90. The maximum atomic E-state index is 12.1. The van der Waals surface area contributed by atoms with Crippen LogP contribution in [0.3, 0.4) is 0 Å². The predicted molar refractivity (Wildman–Crippen MR) is 62.5 cm³/mol. The van der Waals surface area contributed by atoms with Gasteiger partial charge in [-0.15, -0.1) is 0 Å². The van der Waals surface area contributed by atoms with Crippen molar-refractivity contribution in [3.05, 3.63) is 29.3 Å². The Morgan fingerprint density at radius 1 is 1.32 bits per heavy atom. The van der Waals surface area contributed by atoms with Gasteiger partial charge >= 0.3 is 6.18 Å². The molecule has 1 heterocycles. The topological polar surface area (TPSA) is 40.5 Å². The van der Waals surface area contributed by atoms with Crippen LogP contribution in [0, 0.1) is 0 Å². The van der Waals surface area contributed by atoms with E-state index >= 15 is 0 Å². The zero-order valence-corrected chi connectivity index (χ0v) is 10.2. The molecule has 0 fully saturated rings. The Kier molecular flexibility index (Phi) is 3.68. The number of phenolic OH excluding ortho intramolecular Hbond substituents is 1. The molecule has 0 saturated heterocycles. The van der Waals surface area contributed by atoms with Gasteiger partial charge in [0.1, 0.15) is 5.75 Å². The first kappa shape index (κ1) is 13.7. The Hall–Kier alpha value is -1.72. The second-order valence-corrected chi connectivity index (χ2v) is 4.63. The minimum atomic E-state index is -4.30. The normalized spacial score (nSPS) is 15.2. The molecule has 6 heteroatoms. The highest BCUT2D eigenvalue weighted by molar-refractivity contribution is 5.76. The monoisotopic (exact) mass is 273 g/mol. The highest BCUT2D eigenvalue weighted by Crippen LogP contribution is 2.25. The minimum absolute atomic E-state index is 0.100. The molecule has 0 unspecified atom stereocenters. The molecule has 3 nitrogen and oxygen atoms in total. The summed E-state index contributed by atoms with van der Waals surface area (Å²) in [7, 11) is 0. The van der Waals surface area contributed by atoms with Crippen molar-refractivity contribution < 1.29 is 23.1 Å². The van der Waals surface area contributed by atoms with Crippen molar-refractivity contribution in [2.24, 2.45) is 0 Å². The summed E-state index contributed by atoms with van der Waals surface area (Å²) in [5.41, 5.74) is 1.82. The number of alkyl halides is 3. The molecular weight excluding hydrogens is 259 g/mol. The van der Waals surface area contributed by atoms with Crippen LogP contribution in [-0.2, 0) is 17.8 Å². The number of phenols is 1. The van der Waals surface area contributed by atoms with E-state index in [0.29, 0.717) is 13.0 Å². The van der Waals surface area contributed by atoms with Gasteiger partial charge in [0.05, 0.1) is 6.42 Å². The van der Waals surface area contributed by atoms with Crippen LogP contribution in [0.2, 0.25) is 0 Å². The summed E-state index contributed by atoms with van der Waals surface area (Å²) in [5.74, 6) is -0.394. The van der Waals surface area contributed by atoms with Crippen LogP contribution < -0.4 is 0 Å². The molecule has 1 N–H and O–H groups in total. The molecule has 0 radical (unpaired) electrons. The van der Waals surface area contributed by atoms with Crippen LogP contribution in [0.5, 0.6) is 5.75 Å². The van der Waals surface area contributed by atoms with E-state index in [1.165, 1.54) is 4.90 Å². The first-order valence-corrected chi connectivity index (χ1v) is 6.00. The maximum absolute atomic E-state index is 12.1. The molecule has 1 aliphatic heterocycles. The number of aromatic hydroxyl groups is 1. The van der Waals surface area contributed by atoms with Crippen LogP contribution in [0.25, 0.3) is 0 Å². The molecule has 0 bridgehead atoms. The fraction of sp³-hybridized carbons (Fsp3) is 0.462.